The molecule has 0 N–H and O–H groups in total. The maximum absolute atomic E-state index is 3.63. The van der Waals surface area contributed by atoms with Crippen molar-refractivity contribution in [2.75, 3.05) is 0 Å². The molecule has 0 saturated heterocycles. The van der Waals surface area contributed by atoms with Crippen molar-refractivity contribution in [2.24, 2.45) is 0 Å². The van der Waals surface area contributed by atoms with Gasteiger partial charge in [0.25, 0.3) is 0 Å². The summed E-state index contributed by atoms with van der Waals surface area (Å²) < 4.78 is 0. The molecule has 0 bridgehead atoms. The maximum atomic E-state index is 3.63. The Kier molecular flexibility index (Phi) is 22.1. The highest BCUT2D eigenvalue weighted by atomic mass is 14.1. The highest BCUT2D eigenvalue weighted by Gasteiger charge is 2.10. The van der Waals surface area contributed by atoms with Crippen LogP contribution in [0.25, 0.3) is 0 Å². The summed E-state index contributed by atoms with van der Waals surface area (Å²) in [5.41, 5.74) is 19.1. The van der Waals surface area contributed by atoms with E-state index in [9.17, 15) is 0 Å². The number of benzene rings is 5. The van der Waals surface area contributed by atoms with Crippen LogP contribution >= 0.6 is 0 Å². The summed E-state index contributed by atoms with van der Waals surface area (Å²) in [6.07, 6.45) is 23.7. The van der Waals surface area contributed by atoms with E-state index >= 15 is 0 Å². The van der Waals surface area contributed by atoms with Crippen LogP contribution in [0, 0.1) is 47.4 Å². The van der Waals surface area contributed by atoms with Crippen LogP contribution in [-0.4, -0.2) is 0 Å². The average molecular weight is 871 g/mol. The minimum atomic E-state index is 0.896. The van der Waals surface area contributed by atoms with E-state index in [0.717, 1.165) is 95.9 Å². The van der Waals surface area contributed by atoms with Gasteiger partial charge in [-0.15, -0.1) is 0 Å². The Hall–Kier alpha value is -5.66. The fraction of sp³-hybridized carbons (Fsp3) is 0.424. The van der Waals surface area contributed by atoms with Crippen LogP contribution in [0.4, 0.5) is 0 Å². The van der Waals surface area contributed by atoms with E-state index in [-0.39, 0.29) is 0 Å². The lowest BCUT2D eigenvalue weighted by molar-refractivity contribution is 0.607. The first-order chi connectivity index (χ1) is 32.4. The minimum absolute atomic E-state index is 0.896. The van der Waals surface area contributed by atoms with E-state index in [1.54, 1.807) is 0 Å². The van der Waals surface area contributed by atoms with Crippen molar-refractivity contribution in [3.8, 4) is 47.4 Å². The Morgan fingerprint density at radius 1 is 0.258 bits per heavy atom. The van der Waals surface area contributed by atoms with Crippen molar-refractivity contribution in [3.63, 3.8) is 0 Å². The van der Waals surface area contributed by atoms with Crippen LogP contribution in [0.2, 0.25) is 0 Å². The van der Waals surface area contributed by atoms with Crippen molar-refractivity contribution in [2.45, 2.75) is 184 Å². The zero-order valence-corrected chi connectivity index (χ0v) is 42.2. The van der Waals surface area contributed by atoms with Gasteiger partial charge in [-0.1, -0.05) is 191 Å². The van der Waals surface area contributed by atoms with Crippen LogP contribution in [0.15, 0.2) is 84.9 Å². The molecule has 0 heterocycles. The molecule has 5 rings (SSSR count). The summed E-state index contributed by atoms with van der Waals surface area (Å²) in [6.45, 7) is 17.9. The van der Waals surface area contributed by atoms with Gasteiger partial charge in [-0.3, -0.25) is 0 Å². The Morgan fingerprint density at radius 2 is 0.485 bits per heavy atom. The van der Waals surface area contributed by atoms with E-state index in [4.69, 9.17) is 0 Å². The molecule has 0 aromatic heterocycles. The monoisotopic (exact) mass is 871 g/mol. The lowest BCUT2D eigenvalue weighted by Gasteiger charge is -2.10. The van der Waals surface area contributed by atoms with Crippen molar-refractivity contribution in [1.29, 1.82) is 0 Å². The first-order valence-electron chi connectivity index (χ1n) is 26.1. The first-order valence-corrected chi connectivity index (χ1v) is 26.1. The van der Waals surface area contributed by atoms with Crippen molar-refractivity contribution in [3.05, 3.63) is 174 Å². The van der Waals surface area contributed by atoms with E-state index in [1.807, 2.05) is 0 Å². The van der Waals surface area contributed by atoms with Gasteiger partial charge in [0.1, 0.15) is 0 Å². The van der Waals surface area contributed by atoms with Crippen LogP contribution < -0.4 is 0 Å². The summed E-state index contributed by atoms with van der Waals surface area (Å²) in [5, 5.41) is 0. The second-order valence-electron chi connectivity index (χ2n) is 18.1. The second kappa shape index (κ2) is 28.4. The highest BCUT2D eigenvalue weighted by Crippen LogP contribution is 2.23. The number of hydrogen-bond donors (Lipinski definition) is 0. The van der Waals surface area contributed by atoms with Crippen LogP contribution in [0.3, 0.4) is 0 Å². The third kappa shape index (κ3) is 15.8. The molecule has 5 aromatic rings. The molecule has 0 aliphatic heterocycles. The smallest absolute Gasteiger partial charge is 0.0284 e. The second-order valence-corrected chi connectivity index (χ2v) is 18.1. The molecule has 5 aromatic carbocycles. The highest BCUT2D eigenvalue weighted by molar-refractivity contribution is 5.60. The normalized spacial score (nSPS) is 10.5. The van der Waals surface area contributed by atoms with Gasteiger partial charge in [-0.05, 0) is 169 Å². The first kappa shape index (κ1) is 51.3. The third-order valence-corrected chi connectivity index (χ3v) is 13.2. The van der Waals surface area contributed by atoms with Crippen LogP contribution in [0.5, 0.6) is 0 Å². The van der Waals surface area contributed by atoms with E-state index in [0.29, 0.717) is 0 Å². The zero-order valence-electron chi connectivity index (χ0n) is 42.2. The molecule has 0 fully saturated rings. The molecule has 66 heavy (non-hydrogen) atoms. The molecule has 0 amide bonds. The molecule has 0 saturated carbocycles. The Bertz CT molecular complexity index is 2380. The molecule has 0 unspecified atom stereocenters. The molecule has 0 spiro atoms. The predicted octanol–water partition coefficient (Wildman–Crippen LogP) is 16.5. The standard InChI is InChI=1S/C66H78/c1-9-17-19-21-23-25-27-51-29-33-53(34-30-51)37-39-61-45-57(13-5)63(47-55(61)11-3)41-43-65-49-60(16-8)66(50-59(65)15-7)44-42-64-48-56(12-4)62(46-58(64)14-6)40-38-54-35-31-52(32-36-54)28-26-24-22-20-18-10-2/h29-36,45-50H,9-28H2,1-8H3. The van der Waals surface area contributed by atoms with Crippen LogP contribution in [0.1, 0.15) is 221 Å². The summed E-state index contributed by atoms with van der Waals surface area (Å²) in [6, 6.07) is 31.5. The fourth-order valence-corrected chi connectivity index (χ4v) is 8.80. The van der Waals surface area contributed by atoms with Gasteiger partial charge in [-0.25, -0.2) is 0 Å². The van der Waals surface area contributed by atoms with Gasteiger partial charge < -0.3 is 0 Å². The Morgan fingerprint density at radius 3 is 0.727 bits per heavy atom. The molecule has 342 valence electrons. The maximum Gasteiger partial charge on any atom is 0.0284 e. The van der Waals surface area contributed by atoms with E-state index in [2.05, 4.69) is 188 Å². The van der Waals surface area contributed by atoms with Crippen molar-refractivity contribution in [1.82, 2.24) is 0 Å². The van der Waals surface area contributed by atoms with E-state index < -0.39 is 0 Å². The largest absolute Gasteiger partial charge is 0.0654 e. The predicted molar refractivity (Wildman–Crippen MR) is 287 cm³/mol. The Labute approximate surface area is 403 Å². The number of aryl methyl sites for hydroxylation is 8. The number of rotatable bonds is 20. The van der Waals surface area contributed by atoms with Gasteiger partial charge in [0.2, 0.25) is 0 Å². The van der Waals surface area contributed by atoms with Crippen molar-refractivity contribution < 1.29 is 0 Å². The van der Waals surface area contributed by atoms with Gasteiger partial charge >= 0.3 is 0 Å². The molecule has 0 radical (unpaired) electrons. The summed E-state index contributed by atoms with van der Waals surface area (Å²) in [4.78, 5) is 0. The number of unbranched alkanes of at least 4 members (excludes halogenated alkanes) is 10. The SMILES string of the molecule is CCCCCCCCc1ccc(C#Cc2cc(CC)c(C#Cc3cc(CC)c(C#Cc4cc(CC)c(C#Cc5ccc(CCCCCCCC)cc5)cc4CC)cc3CC)cc2CC)cc1. The third-order valence-electron chi connectivity index (χ3n) is 13.2. The lowest BCUT2D eigenvalue weighted by Crippen LogP contribution is -1.98. The van der Waals surface area contributed by atoms with E-state index in [1.165, 1.54) is 122 Å². The quantitative estimate of drug-likeness (QED) is 0.0540. The van der Waals surface area contributed by atoms with Gasteiger partial charge in [0, 0.05) is 44.5 Å². The average Bonchev–Trinajstić information content (AvgIpc) is 3.36. The summed E-state index contributed by atoms with van der Waals surface area (Å²) >= 11 is 0. The minimum Gasteiger partial charge on any atom is -0.0654 e. The van der Waals surface area contributed by atoms with Gasteiger partial charge in [0.05, 0.1) is 0 Å². The fourth-order valence-electron chi connectivity index (χ4n) is 8.80. The lowest BCUT2D eigenvalue weighted by atomic mass is 9.93. The molecule has 0 atom stereocenters. The zero-order chi connectivity index (χ0) is 46.9. The Balaban J connectivity index is 1.32. The topological polar surface area (TPSA) is 0 Å². The van der Waals surface area contributed by atoms with Gasteiger partial charge in [0.15, 0.2) is 0 Å². The number of hydrogen-bond acceptors (Lipinski definition) is 0. The molecule has 0 aliphatic carbocycles. The molecule has 0 nitrogen and oxygen atoms in total. The summed E-state index contributed by atoms with van der Waals surface area (Å²) in [7, 11) is 0. The van der Waals surface area contributed by atoms with Crippen LogP contribution in [-0.2, 0) is 51.4 Å². The van der Waals surface area contributed by atoms with Crippen molar-refractivity contribution >= 4 is 0 Å². The molecular weight excluding hydrogens is 793 g/mol. The van der Waals surface area contributed by atoms with Gasteiger partial charge in [-0.2, -0.15) is 0 Å². The molecule has 0 aliphatic rings. The molecular formula is C66H78. The summed E-state index contributed by atoms with van der Waals surface area (Å²) in [5.74, 6) is 28.5. The molecule has 0 heteroatoms.